The average Bonchev–Trinajstić information content (AvgIpc) is 2.74. The molecule has 0 aliphatic carbocycles. The first-order chi connectivity index (χ1) is 14.4. The first-order valence-corrected chi connectivity index (χ1v) is 11.6. The Morgan fingerprint density at radius 2 is 1.50 bits per heavy atom. The standard InChI is InChI=1S/C22H20BrF2O4P/c23-20-13-16(11-12-21(20)29-30(26,27)22(24)25)14-28-15-19(17-7-3-1-4-8-17)18-9-5-2-6-10-18/h1-13,19,22H,14-15H2,(H,26,27). The summed E-state index contributed by atoms with van der Waals surface area (Å²) >= 11 is 3.19. The molecule has 3 aromatic rings. The summed E-state index contributed by atoms with van der Waals surface area (Å²) in [6.07, 6.45) is -3.47. The maximum absolute atomic E-state index is 12.6. The first kappa shape index (κ1) is 22.6. The summed E-state index contributed by atoms with van der Waals surface area (Å²) in [4.78, 5) is 9.20. The Bertz CT molecular complexity index is 963. The van der Waals surface area contributed by atoms with Crippen LogP contribution in [0.4, 0.5) is 8.78 Å². The second-order valence-electron chi connectivity index (χ2n) is 6.59. The summed E-state index contributed by atoms with van der Waals surface area (Å²) < 4.78 is 47.3. The van der Waals surface area contributed by atoms with Gasteiger partial charge in [0.25, 0.3) is 0 Å². The minimum absolute atomic E-state index is 0.0600. The molecule has 1 atom stereocenters. The fraction of sp³-hybridized carbons (Fsp3) is 0.182. The van der Waals surface area contributed by atoms with Crippen LogP contribution in [0.25, 0.3) is 0 Å². The lowest BCUT2D eigenvalue weighted by Gasteiger charge is -2.19. The summed E-state index contributed by atoms with van der Waals surface area (Å²) in [7, 11) is -5.03. The van der Waals surface area contributed by atoms with Gasteiger partial charge in [0.05, 0.1) is 17.7 Å². The normalized spacial score (nSPS) is 13.4. The van der Waals surface area contributed by atoms with E-state index in [2.05, 4.69) is 44.7 Å². The highest BCUT2D eigenvalue weighted by Gasteiger charge is 2.34. The molecule has 0 heterocycles. The lowest BCUT2D eigenvalue weighted by molar-refractivity contribution is 0.114. The molecule has 8 heteroatoms. The molecule has 1 unspecified atom stereocenters. The zero-order valence-electron chi connectivity index (χ0n) is 15.8. The number of benzene rings is 3. The molecule has 4 nitrogen and oxygen atoms in total. The number of hydrogen-bond donors (Lipinski definition) is 1. The SMILES string of the molecule is O=P(O)(Oc1ccc(COCC(c2ccccc2)c2ccccc2)cc1Br)C(F)F. The van der Waals surface area contributed by atoms with E-state index < -0.39 is 13.8 Å². The van der Waals surface area contributed by atoms with E-state index in [0.29, 0.717) is 11.1 Å². The van der Waals surface area contributed by atoms with Gasteiger partial charge in [0, 0.05) is 5.92 Å². The van der Waals surface area contributed by atoms with Gasteiger partial charge < -0.3 is 14.2 Å². The summed E-state index contributed by atoms with van der Waals surface area (Å²) in [5, 5.41) is 0. The van der Waals surface area contributed by atoms with Gasteiger partial charge in [0.1, 0.15) is 5.75 Å². The average molecular weight is 497 g/mol. The zero-order valence-corrected chi connectivity index (χ0v) is 18.3. The molecule has 0 radical (unpaired) electrons. The quantitative estimate of drug-likeness (QED) is 0.339. The molecule has 30 heavy (non-hydrogen) atoms. The first-order valence-electron chi connectivity index (χ1n) is 9.13. The summed E-state index contributed by atoms with van der Waals surface area (Å²) in [5.41, 5.74) is 3.04. The van der Waals surface area contributed by atoms with E-state index in [4.69, 9.17) is 4.74 Å². The highest BCUT2D eigenvalue weighted by Crippen LogP contribution is 2.50. The Hall–Kier alpha value is -2.05. The summed E-state index contributed by atoms with van der Waals surface area (Å²) in [6, 6.07) is 24.7. The van der Waals surface area contributed by atoms with E-state index in [1.165, 1.54) is 6.07 Å². The van der Waals surface area contributed by atoms with Crippen molar-refractivity contribution in [2.75, 3.05) is 6.61 Å². The zero-order chi connectivity index (χ0) is 21.6. The van der Waals surface area contributed by atoms with Gasteiger partial charge in [-0.1, -0.05) is 66.7 Å². The minimum atomic E-state index is -5.03. The minimum Gasteiger partial charge on any atom is -0.420 e. The molecule has 3 aromatic carbocycles. The fourth-order valence-electron chi connectivity index (χ4n) is 2.94. The predicted molar refractivity (Wildman–Crippen MR) is 115 cm³/mol. The monoisotopic (exact) mass is 496 g/mol. The molecular weight excluding hydrogens is 477 g/mol. The molecule has 0 spiro atoms. The topological polar surface area (TPSA) is 55.8 Å². The van der Waals surface area contributed by atoms with Crippen LogP contribution in [0.5, 0.6) is 5.75 Å². The van der Waals surface area contributed by atoms with Crippen molar-refractivity contribution in [2.24, 2.45) is 0 Å². The Morgan fingerprint density at radius 3 is 2.00 bits per heavy atom. The molecule has 0 fully saturated rings. The van der Waals surface area contributed by atoms with Gasteiger partial charge in [0.2, 0.25) is 0 Å². The molecule has 0 saturated carbocycles. The maximum atomic E-state index is 12.6. The molecule has 0 aromatic heterocycles. The van der Waals surface area contributed by atoms with Gasteiger partial charge >= 0.3 is 13.8 Å². The largest absolute Gasteiger partial charge is 0.442 e. The lowest BCUT2D eigenvalue weighted by Crippen LogP contribution is -2.10. The van der Waals surface area contributed by atoms with Crippen molar-refractivity contribution in [3.8, 4) is 5.75 Å². The smallest absolute Gasteiger partial charge is 0.420 e. The molecule has 1 N–H and O–H groups in total. The molecule has 0 amide bonds. The number of halogens is 3. The molecule has 0 saturated heterocycles. The van der Waals surface area contributed by atoms with E-state index in [9.17, 15) is 18.2 Å². The fourth-order valence-corrected chi connectivity index (χ4v) is 4.09. The third-order valence-corrected chi connectivity index (χ3v) is 6.00. The van der Waals surface area contributed by atoms with Crippen molar-refractivity contribution >= 4 is 23.5 Å². The maximum Gasteiger partial charge on any atom is 0.442 e. The molecule has 0 aliphatic rings. The number of hydrogen-bond acceptors (Lipinski definition) is 3. The van der Waals surface area contributed by atoms with Crippen molar-refractivity contribution < 1.29 is 27.5 Å². The van der Waals surface area contributed by atoms with E-state index in [-0.39, 0.29) is 18.3 Å². The van der Waals surface area contributed by atoms with Crippen LogP contribution in [0.15, 0.2) is 83.3 Å². The molecule has 0 bridgehead atoms. The third-order valence-electron chi connectivity index (χ3n) is 4.43. The van der Waals surface area contributed by atoms with Crippen molar-refractivity contribution in [3.05, 3.63) is 100 Å². The van der Waals surface area contributed by atoms with Crippen molar-refractivity contribution in [1.82, 2.24) is 0 Å². The number of alkyl halides is 2. The predicted octanol–water partition coefficient (Wildman–Crippen LogP) is 6.58. The van der Waals surface area contributed by atoms with Crippen LogP contribution in [0, 0.1) is 0 Å². The van der Waals surface area contributed by atoms with Gasteiger partial charge in [-0.15, -0.1) is 0 Å². The number of rotatable bonds is 9. The van der Waals surface area contributed by atoms with Crippen LogP contribution in [0.1, 0.15) is 22.6 Å². The van der Waals surface area contributed by atoms with E-state index in [1.54, 1.807) is 12.1 Å². The summed E-state index contributed by atoms with van der Waals surface area (Å²) in [6.45, 7) is 0.724. The van der Waals surface area contributed by atoms with Crippen LogP contribution < -0.4 is 4.52 Å². The summed E-state index contributed by atoms with van der Waals surface area (Å²) in [5.74, 6) is -0.0684. The molecule has 3 rings (SSSR count). The van der Waals surface area contributed by atoms with Gasteiger partial charge in [0.15, 0.2) is 0 Å². The van der Waals surface area contributed by atoms with Crippen LogP contribution in [-0.2, 0) is 15.9 Å². The lowest BCUT2D eigenvalue weighted by atomic mass is 9.92. The number of ether oxygens (including phenoxy) is 1. The van der Waals surface area contributed by atoms with E-state index >= 15 is 0 Å². The Kier molecular flexibility index (Phi) is 7.78. The van der Waals surface area contributed by atoms with E-state index in [0.717, 1.165) is 16.7 Å². The Labute approximate surface area is 182 Å². The Balaban J connectivity index is 1.67. The Morgan fingerprint density at radius 1 is 0.933 bits per heavy atom. The molecular formula is C22H20BrF2O4P. The van der Waals surface area contributed by atoms with Gasteiger partial charge in [-0.05, 0) is 44.8 Å². The second kappa shape index (κ2) is 10.3. The van der Waals surface area contributed by atoms with Crippen LogP contribution in [0.2, 0.25) is 0 Å². The van der Waals surface area contributed by atoms with Gasteiger partial charge in [-0.3, -0.25) is 0 Å². The van der Waals surface area contributed by atoms with Crippen molar-refractivity contribution in [2.45, 2.75) is 18.7 Å². The van der Waals surface area contributed by atoms with Gasteiger partial charge in [-0.25, -0.2) is 4.57 Å². The van der Waals surface area contributed by atoms with Crippen LogP contribution >= 0.6 is 23.5 Å². The highest BCUT2D eigenvalue weighted by atomic mass is 79.9. The second-order valence-corrected chi connectivity index (χ2v) is 9.14. The molecule has 0 aliphatic heterocycles. The van der Waals surface area contributed by atoms with E-state index in [1.807, 2.05) is 36.4 Å². The van der Waals surface area contributed by atoms with Gasteiger partial charge in [-0.2, -0.15) is 8.78 Å². The van der Waals surface area contributed by atoms with Crippen molar-refractivity contribution in [3.63, 3.8) is 0 Å². The molecule has 158 valence electrons. The van der Waals surface area contributed by atoms with Crippen LogP contribution in [-0.4, -0.2) is 17.7 Å². The third kappa shape index (κ3) is 5.99. The van der Waals surface area contributed by atoms with Crippen LogP contribution in [0.3, 0.4) is 0 Å². The highest BCUT2D eigenvalue weighted by molar-refractivity contribution is 9.10. The van der Waals surface area contributed by atoms with Crippen molar-refractivity contribution in [1.29, 1.82) is 0 Å².